The molecule has 1 saturated carbocycles. The lowest BCUT2D eigenvalue weighted by Crippen LogP contribution is -2.51. The number of ether oxygens (including phenoxy) is 1. The average molecular weight is 409 g/mol. The quantitative estimate of drug-likeness (QED) is 0.597. The predicted octanol–water partition coefficient (Wildman–Crippen LogP) is 2.82. The van der Waals surface area contributed by atoms with E-state index in [0.29, 0.717) is 17.0 Å². The summed E-state index contributed by atoms with van der Waals surface area (Å²) in [4.78, 5) is 16.4. The Kier molecular flexibility index (Phi) is 4.69. The number of hydrogen-bond acceptors (Lipinski definition) is 6. The molecule has 30 heavy (non-hydrogen) atoms. The molecular formula is C22H28N6O2. The van der Waals surface area contributed by atoms with E-state index in [2.05, 4.69) is 36.2 Å². The highest BCUT2D eigenvalue weighted by atomic mass is 16.5. The van der Waals surface area contributed by atoms with Crippen LogP contribution in [-0.4, -0.2) is 39.2 Å². The zero-order chi connectivity index (χ0) is 21.7. The molecular weight excluding hydrogens is 380 g/mol. The molecule has 0 aromatic carbocycles. The van der Waals surface area contributed by atoms with E-state index in [1.807, 2.05) is 18.3 Å². The first-order valence-corrected chi connectivity index (χ1v) is 10.00. The summed E-state index contributed by atoms with van der Waals surface area (Å²) in [6.07, 6.45) is 8.62. The third-order valence-electron chi connectivity index (χ3n) is 6.80. The van der Waals surface area contributed by atoms with Crippen LogP contribution in [0.2, 0.25) is 0 Å². The molecule has 1 aliphatic carbocycles. The minimum absolute atomic E-state index is 0.0913. The highest BCUT2D eigenvalue weighted by Crippen LogP contribution is 2.46. The maximum Gasteiger partial charge on any atom is 0.252 e. The van der Waals surface area contributed by atoms with Crippen molar-refractivity contribution < 1.29 is 9.53 Å². The second-order valence-corrected chi connectivity index (χ2v) is 8.84. The molecule has 5 N–H and O–H groups in total. The van der Waals surface area contributed by atoms with Crippen molar-refractivity contribution in [2.45, 2.75) is 45.2 Å². The number of pyridine rings is 1. The van der Waals surface area contributed by atoms with Crippen molar-refractivity contribution in [3.8, 4) is 16.9 Å². The Morgan fingerprint density at radius 3 is 2.63 bits per heavy atom. The summed E-state index contributed by atoms with van der Waals surface area (Å²) in [5.74, 6) is 0.145. The van der Waals surface area contributed by atoms with Gasteiger partial charge in [0.2, 0.25) is 0 Å². The first-order chi connectivity index (χ1) is 14.1. The number of methoxy groups -OCH3 is 1. The Hall–Kier alpha value is -3.13. The second-order valence-electron chi connectivity index (χ2n) is 8.84. The SMILES string of the molecule is COc1cncc(-c2cc3c(N[C@@H]4CC[C@](C)(N)C4(C)C)c(C(N)=O)cnn3c2)c1. The number of nitrogens with one attached hydrogen (secondary N) is 1. The third-order valence-corrected chi connectivity index (χ3v) is 6.80. The van der Waals surface area contributed by atoms with Gasteiger partial charge in [-0.1, -0.05) is 13.8 Å². The van der Waals surface area contributed by atoms with Gasteiger partial charge in [0.05, 0.1) is 36.3 Å². The van der Waals surface area contributed by atoms with Gasteiger partial charge in [-0.3, -0.25) is 9.78 Å². The monoisotopic (exact) mass is 408 g/mol. The summed E-state index contributed by atoms with van der Waals surface area (Å²) in [5.41, 5.74) is 15.4. The number of hydrogen-bond donors (Lipinski definition) is 3. The van der Waals surface area contributed by atoms with Gasteiger partial charge in [-0.15, -0.1) is 0 Å². The number of rotatable bonds is 5. The van der Waals surface area contributed by atoms with Crippen LogP contribution in [0.5, 0.6) is 5.75 Å². The number of carbonyl (C=O) groups is 1. The summed E-state index contributed by atoms with van der Waals surface area (Å²) < 4.78 is 7.03. The predicted molar refractivity (Wildman–Crippen MR) is 117 cm³/mol. The van der Waals surface area contributed by atoms with Crippen molar-refractivity contribution in [2.75, 3.05) is 12.4 Å². The number of amides is 1. The van der Waals surface area contributed by atoms with E-state index in [1.165, 1.54) is 6.20 Å². The fraction of sp³-hybridized carbons (Fsp3) is 0.409. The summed E-state index contributed by atoms with van der Waals surface area (Å²) in [6.45, 7) is 6.40. The molecule has 4 rings (SSSR count). The summed E-state index contributed by atoms with van der Waals surface area (Å²) in [6, 6.07) is 3.97. The summed E-state index contributed by atoms with van der Waals surface area (Å²) in [7, 11) is 1.61. The van der Waals surface area contributed by atoms with E-state index in [1.54, 1.807) is 24.0 Å². The van der Waals surface area contributed by atoms with E-state index in [0.717, 1.165) is 29.5 Å². The zero-order valence-corrected chi connectivity index (χ0v) is 17.8. The van der Waals surface area contributed by atoms with Crippen molar-refractivity contribution in [3.05, 3.63) is 42.5 Å². The standard InChI is InChI=1S/C22H28N6O2/c1-21(2)18(5-6-22(21,3)24)27-19-16(20(23)29)11-26-28-12-14(8-17(19)28)13-7-15(30-4)10-25-9-13/h7-12,18,27H,5-6,24H2,1-4H3,(H2,23,29)/t18-,22+/m1/s1. The van der Waals surface area contributed by atoms with Crippen LogP contribution < -0.4 is 21.5 Å². The normalized spacial score (nSPS) is 22.9. The molecule has 2 atom stereocenters. The minimum atomic E-state index is -0.524. The Morgan fingerprint density at radius 2 is 2.00 bits per heavy atom. The van der Waals surface area contributed by atoms with Crippen molar-refractivity contribution in [1.29, 1.82) is 0 Å². The second kappa shape index (κ2) is 6.98. The van der Waals surface area contributed by atoms with E-state index < -0.39 is 5.91 Å². The maximum absolute atomic E-state index is 12.2. The number of primary amides is 1. The number of anilines is 1. The molecule has 3 aromatic heterocycles. The van der Waals surface area contributed by atoms with Crippen LogP contribution in [0.3, 0.4) is 0 Å². The van der Waals surface area contributed by atoms with Gasteiger partial charge in [-0.25, -0.2) is 4.52 Å². The Labute approximate surface area is 175 Å². The van der Waals surface area contributed by atoms with E-state index in [9.17, 15) is 4.79 Å². The van der Waals surface area contributed by atoms with Crippen molar-refractivity contribution >= 4 is 17.1 Å². The first kappa shape index (κ1) is 20.2. The number of fused-ring (bicyclic) bond motifs is 1. The van der Waals surface area contributed by atoms with E-state index >= 15 is 0 Å². The lowest BCUT2D eigenvalue weighted by Gasteiger charge is -2.39. The topological polar surface area (TPSA) is 121 Å². The molecule has 0 saturated heterocycles. The molecule has 158 valence electrons. The highest BCUT2D eigenvalue weighted by molar-refractivity contribution is 6.02. The van der Waals surface area contributed by atoms with Crippen molar-refractivity contribution in [2.24, 2.45) is 16.9 Å². The molecule has 1 fully saturated rings. The molecule has 8 nitrogen and oxygen atoms in total. The van der Waals surface area contributed by atoms with Crippen molar-refractivity contribution in [3.63, 3.8) is 0 Å². The summed E-state index contributed by atoms with van der Waals surface area (Å²) in [5, 5.41) is 7.98. The molecule has 0 aliphatic heterocycles. The lowest BCUT2D eigenvalue weighted by atomic mass is 9.75. The minimum Gasteiger partial charge on any atom is -0.495 e. The Balaban J connectivity index is 1.82. The molecule has 8 heteroatoms. The number of nitrogens with zero attached hydrogens (tertiary/aromatic N) is 3. The van der Waals surface area contributed by atoms with Crippen LogP contribution in [0.4, 0.5) is 5.69 Å². The van der Waals surface area contributed by atoms with Crippen LogP contribution >= 0.6 is 0 Å². The molecule has 0 unspecified atom stereocenters. The van der Waals surface area contributed by atoms with Crippen LogP contribution in [-0.2, 0) is 0 Å². The van der Waals surface area contributed by atoms with E-state index in [-0.39, 0.29) is 17.0 Å². The van der Waals surface area contributed by atoms with Gasteiger partial charge in [-0.05, 0) is 31.9 Å². The smallest absolute Gasteiger partial charge is 0.252 e. The maximum atomic E-state index is 12.2. The molecule has 0 radical (unpaired) electrons. The zero-order valence-electron chi connectivity index (χ0n) is 17.8. The van der Waals surface area contributed by atoms with Gasteiger partial charge in [0.25, 0.3) is 5.91 Å². The van der Waals surface area contributed by atoms with E-state index in [4.69, 9.17) is 16.2 Å². The first-order valence-electron chi connectivity index (χ1n) is 10.00. The molecule has 3 aromatic rings. The Morgan fingerprint density at radius 1 is 1.23 bits per heavy atom. The number of nitrogens with two attached hydrogens (primary N) is 2. The molecule has 0 bridgehead atoms. The Bertz CT molecular complexity index is 1120. The van der Waals surface area contributed by atoms with Crippen LogP contribution in [0.15, 0.2) is 36.9 Å². The van der Waals surface area contributed by atoms with Gasteiger partial charge < -0.3 is 21.5 Å². The molecule has 1 aliphatic rings. The molecule has 1 amide bonds. The third kappa shape index (κ3) is 3.17. The van der Waals surface area contributed by atoms with Crippen LogP contribution in [0.1, 0.15) is 44.0 Å². The summed E-state index contributed by atoms with van der Waals surface area (Å²) >= 11 is 0. The van der Waals surface area contributed by atoms with Crippen molar-refractivity contribution in [1.82, 2.24) is 14.6 Å². The molecule has 3 heterocycles. The van der Waals surface area contributed by atoms with Gasteiger partial charge in [0.15, 0.2) is 0 Å². The number of carbonyl (C=O) groups excluding carboxylic acids is 1. The lowest BCUT2D eigenvalue weighted by molar-refractivity contribution is 0.100. The van der Waals surface area contributed by atoms with Crippen LogP contribution in [0, 0.1) is 5.41 Å². The molecule has 0 spiro atoms. The largest absolute Gasteiger partial charge is 0.495 e. The van der Waals surface area contributed by atoms with Gasteiger partial charge in [-0.2, -0.15) is 5.10 Å². The average Bonchev–Trinajstić information content (AvgIpc) is 3.22. The van der Waals surface area contributed by atoms with Gasteiger partial charge in [0, 0.05) is 40.5 Å². The number of aromatic nitrogens is 3. The van der Waals surface area contributed by atoms with Gasteiger partial charge in [0.1, 0.15) is 5.75 Å². The fourth-order valence-electron chi connectivity index (χ4n) is 4.19. The van der Waals surface area contributed by atoms with Crippen LogP contribution in [0.25, 0.3) is 16.6 Å². The fourth-order valence-corrected chi connectivity index (χ4v) is 4.19. The highest BCUT2D eigenvalue weighted by Gasteiger charge is 2.49. The van der Waals surface area contributed by atoms with Gasteiger partial charge >= 0.3 is 0 Å².